The van der Waals surface area contributed by atoms with E-state index in [0.29, 0.717) is 17.2 Å². The van der Waals surface area contributed by atoms with E-state index in [9.17, 15) is 18.0 Å². The van der Waals surface area contributed by atoms with Gasteiger partial charge >= 0.3 is 0 Å². The normalized spacial score (nSPS) is 13.0. The predicted molar refractivity (Wildman–Crippen MR) is 139 cm³/mol. The van der Waals surface area contributed by atoms with Gasteiger partial charge in [0.05, 0.1) is 19.1 Å². The van der Waals surface area contributed by atoms with Gasteiger partial charge in [0.2, 0.25) is 21.8 Å². The Kier molecular flexibility index (Phi) is 10.4. The summed E-state index contributed by atoms with van der Waals surface area (Å²) in [4.78, 5) is 28.2. The average molecular weight is 524 g/mol. The molecule has 2 aromatic rings. The van der Waals surface area contributed by atoms with Crippen molar-refractivity contribution in [3.8, 4) is 5.75 Å². The number of carbonyl (C=O) groups excluding carboxylic acids is 2. The van der Waals surface area contributed by atoms with E-state index in [1.807, 2.05) is 32.9 Å². The van der Waals surface area contributed by atoms with Gasteiger partial charge in [-0.15, -0.1) is 0 Å². The van der Waals surface area contributed by atoms with E-state index in [1.54, 1.807) is 37.4 Å². The monoisotopic (exact) mass is 523 g/mol. The molecule has 2 atom stereocenters. The third-order valence-electron chi connectivity index (χ3n) is 5.67. The van der Waals surface area contributed by atoms with Crippen molar-refractivity contribution in [2.45, 2.75) is 52.2 Å². The number of sulfonamides is 1. The molecule has 0 unspecified atom stereocenters. The Morgan fingerprint density at radius 3 is 2.26 bits per heavy atom. The van der Waals surface area contributed by atoms with Crippen LogP contribution in [0.5, 0.6) is 5.75 Å². The number of carbonyl (C=O) groups is 2. The Labute approximate surface area is 213 Å². The molecule has 0 radical (unpaired) electrons. The van der Waals surface area contributed by atoms with E-state index in [0.717, 1.165) is 22.5 Å². The summed E-state index contributed by atoms with van der Waals surface area (Å²) in [5, 5.41) is 3.29. The lowest BCUT2D eigenvalue weighted by molar-refractivity contribution is -0.140. The lowest BCUT2D eigenvalue weighted by Crippen LogP contribution is -2.53. The Balaban J connectivity index is 2.43. The summed E-state index contributed by atoms with van der Waals surface area (Å²) in [5.74, 6) is -0.118. The van der Waals surface area contributed by atoms with Gasteiger partial charge in [0, 0.05) is 17.6 Å². The van der Waals surface area contributed by atoms with E-state index >= 15 is 0 Å². The van der Waals surface area contributed by atoms with Crippen molar-refractivity contribution in [1.29, 1.82) is 0 Å². The van der Waals surface area contributed by atoms with Crippen molar-refractivity contribution in [2.75, 3.05) is 24.2 Å². The van der Waals surface area contributed by atoms with Crippen LogP contribution in [-0.4, -0.2) is 57.1 Å². The van der Waals surface area contributed by atoms with Crippen LogP contribution in [0.1, 0.15) is 39.2 Å². The molecule has 0 fully saturated rings. The zero-order valence-corrected chi connectivity index (χ0v) is 22.4. The third-order valence-corrected chi connectivity index (χ3v) is 7.05. The smallest absolute Gasteiger partial charge is 0.244 e. The number of hydrogen-bond donors (Lipinski definition) is 1. The highest BCUT2D eigenvalue weighted by atomic mass is 35.5. The zero-order chi connectivity index (χ0) is 26.2. The molecule has 8 nitrogen and oxygen atoms in total. The maximum absolute atomic E-state index is 13.6. The quantitative estimate of drug-likeness (QED) is 0.456. The highest BCUT2D eigenvalue weighted by Gasteiger charge is 2.32. The first-order valence-corrected chi connectivity index (χ1v) is 13.7. The van der Waals surface area contributed by atoms with Crippen molar-refractivity contribution >= 4 is 39.1 Å². The highest BCUT2D eigenvalue weighted by Crippen LogP contribution is 2.23. The summed E-state index contributed by atoms with van der Waals surface area (Å²) < 4.78 is 31.4. The van der Waals surface area contributed by atoms with Gasteiger partial charge in [0.25, 0.3) is 0 Å². The zero-order valence-electron chi connectivity index (χ0n) is 20.8. The minimum absolute atomic E-state index is 0.0616. The summed E-state index contributed by atoms with van der Waals surface area (Å²) in [6, 6.07) is 12.6. The number of ether oxygens (including phenoxy) is 1. The Morgan fingerprint density at radius 1 is 1.09 bits per heavy atom. The Hall–Kier alpha value is -2.78. The number of anilines is 1. The molecule has 2 aromatic carbocycles. The molecule has 0 aliphatic carbocycles. The molecule has 2 amide bonds. The molecule has 0 bridgehead atoms. The second-order valence-electron chi connectivity index (χ2n) is 8.36. The van der Waals surface area contributed by atoms with E-state index < -0.39 is 28.5 Å². The van der Waals surface area contributed by atoms with Crippen molar-refractivity contribution in [2.24, 2.45) is 0 Å². The fourth-order valence-corrected chi connectivity index (χ4v) is 4.56. The molecule has 0 aliphatic heterocycles. The molecular weight excluding hydrogens is 490 g/mol. The molecule has 2 rings (SSSR count). The second-order valence-corrected chi connectivity index (χ2v) is 10.7. The van der Waals surface area contributed by atoms with Gasteiger partial charge in [0.1, 0.15) is 18.3 Å². The first kappa shape index (κ1) is 28.5. The number of methoxy groups -OCH3 is 1. The lowest BCUT2D eigenvalue weighted by Gasteiger charge is -2.33. The summed E-state index contributed by atoms with van der Waals surface area (Å²) in [5.41, 5.74) is 1.05. The topological polar surface area (TPSA) is 96.0 Å². The fraction of sp³-hybridized carbons (Fsp3) is 0.440. The van der Waals surface area contributed by atoms with Crippen molar-refractivity contribution in [3.05, 3.63) is 59.1 Å². The maximum atomic E-state index is 13.6. The number of nitrogens with one attached hydrogen (secondary N) is 1. The number of benzene rings is 2. The molecule has 35 heavy (non-hydrogen) atoms. The van der Waals surface area contributed by atoms with E-state index in [-0.39, 0.29) is 24.2 Å². The summed E-state index contributed by atoms with van der Waals surface area (Å²) in [6.45, 7) is 5.33. The third kappa shape index (κ3) is 8.14. The molecule has 0 heterocycles. The van der Waals surface area contributed by atoms with Gasteiger partial charge in [-0.3, -0.25) is 13.9 Å². The van der Waals surface area contributed by atoms with Crippen LogP contribution >= 0.6 is 11.6 Å². The summed E-state index contributed by atoms with van der Waals surface area (Å²) >= 11 is 6.07. The van der Waals surface area contributed by atoms with E-state index in [2.05, 4.69) is 5.32 Å². The molecule has 0 saturated carbocycles. The van der Waals surface area contributed by atoms with Crippen LogP contribution in [0.3, 0.4) is 0 Å². The molecule has 0 spiro atoms. The number of rotatable bonds is 12. The largest absolute Gasteiger partial charge is 0.497 e. The first-order valence-electron chi connectivity index (χ1n) is 11.5. The van der Waals surface area contributed by atoms with Gasteiger partial charge in [0.15, 0.2) is 0 Å². The molecule has 0 saturated heterocycles. The molecule has 192 valence electrons. The van der Waals surface area contributed by atoms with Crippen LogP contribution in [0, 0.1) is 0 Å². The highest BCUT2D eigenvalue weighted by molar-refractivity contribution is 7.92. The van der Waals surface area contributed by atoms with Gasteiger partial charge in [-0.05, 0) is 55.7 Å². The van der Waals surface area contributed by atoms with Crippen molar-refractivity contribution < 1.29 is 22.7 Å². The number of hydrogen-bond acceptors (Lipinski definition) is 5. The average Bonchev–Trinajstić information content (AvgIpc) is 2.81. The Bertz CT molecular complexity index is 1110. The SMILES string of the molecule is CC[C@@H](C)NC(=O)[C@H](CC)N(Cc1ccc(OC)cc1)C(=O)CN(c1cccc(Cl)c1)S(C)(=O)=O. The molecule has 10 heteroatoms. The van der Waals surface area contributed by atoms with Crippen LogP contribution in [0.4, 0.5) is 5.69 Å². The Morgan fingerprint density at radius 2 is 1.74 bits per heavy atom. The van der Waals surface area contributed by atoms with E-state index in [1.165, 1.54) is 11.0 Å². The number of halogens is 1. The van der Waals surface area contributed by atoms with Crippen LogP contribution in [0.2, 0.25) is 5.02 Å². The lowest BCUT2D eigenvalue weighted by atomic mass is 10.1. The van der Waals surface area contributed by atoms with Gasteiger partial charge in [-0.1, -0.05) is 43.6 Å². The van der Waals surface area contributed by atoms with E-state index in [4.69, 9.17) is 16.3 Å². The van der Waals surface area contributed by atoms with Crippen molar-refractivity contribution in [1.82, 2.24) is 10.2 Å². The number of amides is 2. The van der Waals surface area contributed by atoms with Crippen LogP contribution < -0.4 is 14.4 Å². The van der Waals surface area contributed by atoms with Gasteiger partial charge in [-0.2, -0.15) is 0 Å². The first-order chi connectivity index (χ1) is 16.5. The fourth-order valence-electron chi connectivity index (χ4n) is 3.53. The van der Waals surface area contributed by atoms with Gasteiger partial charge in [-0.25, -0.2) is 8.42 Å². The van der Waals surface area contributed by atoms with Crippen LogP contribution in [0.25, 0.3) is 0 Å². The van der Waals surface area contributed by atoms with Crippen LogP contribution in [0.15, 0.2) is 48.5 Å². The second kappa shape index (κ2) is 12.8. The minimum atomic E-state index is -3.81. The maximum Gasteiger partial charge on any atom is 0.244 e. The van der Waals surface area contributed by atoms with Crippen molar-refractivity contribution in [3.63, 3.8) is 0 Å². The minimum Gasteiger partial charge on any atom is -0.497 e. The molecular formula is C25H34ClN3O5S. The van der Waals surface area contributed by atoms with Crippen LogP contribution in [-0.2, 0) is 26.2 Å². The molecule has 0 aliphatic rings. The molecule has 1 N–H and O–H groups in total. The summed E-state index contributed by atoms with van der Waals surface area (Å²) in [7, 11) is -2.25. The standard InChI is InChI=1S/C25H34ClN3O5S/c1-6-18(3)27-25(31)23(7-2)28(16-19-11-13-22(34-4)14-12-19)24(30)17-29(35(5,32)33)21-10-8-9-20(26)15-21/h8-15,18,23H,6-7,16-17H2,1-5H3,(H,27,31)/t18-,23+/m1/s1. The predicted octanol–water partition coefficient (Wildman–Crippen LogP) is 3.84. The molecule has 0 aromatic heterocycles. The van der Waals surface area contributed by atoms with Gasteiger partial charge < -0.3 is 15.0 Å². The summed E-state index contributed by atoms with van der Waals surface area (Å²) in [6.07, 6.45) is 2.13. The number of nitrogens with zero attached hydrogens (tertiary/aromatic N) is 2.